The molecule has 200 valence electrons. The van der Waals surface area contributed by atoms with Gasteiger partial charge >= 0.3 is 5.97 Å². The summed E-state index contributed by atoms with van der Waals surface area (Å²) in [5.74, 6) is -0.0328. The molecule has 1 aliphatic carbocycles. The molecule has 0 amide bonds. The van der Waals surface area contributed by atoms with Crippen molar-refractivity contribution in [2.45, 2.75) is 71.3 Å². The number of fused-ring (bicyclic) bond motifs is 1. The normalized spacial score (nSPS) is 21.8. The van der Waals surface area contributed by atoms with Crippen LogP contribution in [0.2, 0.25) is 0 Å². The molecule has 3 aromatic rings. The number of carbonyl (C=O) groups is 1. The molecule has 0 aliphatic heterocycles. The largest absolute Gasteiger partial charge is 0.460 e. The molecular weight excluding hydrogens is 496 g/mol. The number of hydrogen-bond acceptors (Lipinski definition) is 12. The fourth-order valence-corrected chi connectivity index (χ4v) is 5.51. The van der Waals surface area contributed by atoms with Gasteiger partial charge in [0.2, 0.25) is 5.95 Å². The third-order valence-corrected chi connectivity index (χ3v) is 7.22. The highest BCUT2D eigenvalue weighted by molar-refractivity contribution is 7.21. The predicted octanol–water partition coefficient (Wildman–Crippen LogP) is 2.42. The average molecular weight is 531 g/mol. The lowest BCUT2D eigenvalue weighted by Crippen LogP contribution is -2.35. The zero-order valence-corrected chi connectivity index (χ0v) is 22.5. The van der Waals surface area contributed by atoms with Crippen molar-refractivity contribution >= 4 is 39.3 Å². The Kier molecular flexibility index (Phi) is 7.93. The monoisotopic (exact) mass is 530 g/mol. The van der Waals surface area contributed by atoms with Crippen LogP contribution in [-0.4, -0.2) is 78.2 Å². The highest BCUT2D eigenvalue weighted by Gasteiger charge is 2.41. The van der Waals surface area contributed by atoms with Crippen molar-refractivity contribution in [1.29, 1.82) is 0 Å². The SMILES string of the molecule is Cc1nc(NCCC(=O)OC(C)(C)C)nc(NC2C[C@H](CO)[C@@H](O)[C@H]2O)c1-c1nc2c(C)nccc2s1. The first-order valence-electron chi connectivity index (χ1n) is 12.3. The van der Waals surface area contributed by atoms with Gasteiger partial charge in [-0.3, -0.25) is 9.78 Å². The Morgan fingerprint density at radius 2 is 1.92 bits per heavy atom. The van der Waals surface area contributed by atoms with E-state index in [-0.39, 0.29) is 25.5 Å². The number of pyridine rings is 1. The van der Waals surface area contributed by atoms with E-state index in [4.69, 9.17) is 9.72 Å². The lowest BCUT2D eigenvalue weighted by molar-refractivity contribution is -0.154. The fourth-order valence-electron chi connectivity index (χ4n) is 4.39. The maximum absolute atomic E-state index is 12.1. The first-order valence-corrected chi connectivity index (χ1v) is 13.1. The molecule has 1 aliphatic rings. The molecule has 1 fully saturated rings. The minimum Gasteiger partial charge on any atom is -0.460 e. The molecular formula is C25H34N6O5S. The second-order valence-electron chi connectivity index (χ2n) is 10.3. The Balaban J connectivity index is 1.65. The number of thiazole rings is 1. The summed E-state index contributed by atoms with van der Waals surface area (Å²) in [6, 6.07) is 1.37. The number of aryl methyl sites for hydroxylation is 2. The molecule has 5 N–H and O–H groups in total. The Labute approximate surface area is 219 Å². The maximum Gasteiger partial charge on any atom is 0.308 e. The van der Waals surface area contributed by atoms with Gasteiger partial charge in [0.1, 0.15) is 28.0 Å². The van der Waals surface area contributed by atoms with Crippen LogP contribution in [0.4, 0.5) is 11.8 Å². The number of aliphatic hydroxyl groups is 3. The summed E-state index contributed by atoms with van der Waals surface area (Å²) in [6.45, 7) is 9.24. The van der Waals surface area contributed by atoms with E-state index in [0.29, 0.717) is 34.5 Å². The Hall–Kier alpha value is -2.93. The van der Waals surface area contributed by atoms with E-state index in [2.05, 4.69) is 25.6 Å². The third-order valence-electron chi connectivity index (χ3n) is 6.18. The molecule has 11 nitrogen and oxygen atoms in total. The first kappa shape index (κ1) is 27.1. The van der Waals surface area contributed by atoms with Crippen LogP contribution in [0, 0.1) is 19.8 Å². The molecule has 0 radical (unpaired) electrons. The van der Waals surface area contributed by atoms with Crippen LogP contribution in [0.3, 0.4) is 0 Å². The van der Waals surface area contributed by atoms with Gasteiger partial charge in [-0.15, -0.1) is 11.3 Å². The first-order chi connectivity index (χ1) is 17.5. The quantitative estimate of drug-likeness (QED) is 0.272. The molecule has 37 heavy (non-hydrogen) atoms. The van der Waals surface area contributed by atoms with Crippen LogP contribution in [0.1, 0.15) is 45.0 Å². The van der Waals surface area contributed by atoms with Gasteiger partial charge < -0.3 is 30.7 Å². The Morgan fingerprint density at radius 1 is 1.16 bits per heavy atom. The maximum atomic E-state index is 12.1. The van der Waals surface area contributed by atoms with Crippen LogP contribution in [-0.2, 0) is 9.53 Å². The van der Waals surface area contributed by atoms with Gasteiger partial charge in [-0.05, 0) is 47.1 Å². The molecule has 4 rings (SSSR count). The summed E-state index contributed by atoms with van der Waals surface area (Å²) in [5.41, 5.74) is 2.37. The number of aromatic nitrogens is 4. The summed E-state index contributed by atoms with van der Waals surface area (Å²) in [6.07, 6.45) is 0.124. The number of esters is 1. The number of ether oxygens (including phenoxy) is 1. The molecule has 0 bridgehead atoms. The van der Waals surface area contributed by atoms with Gasteiger partial charge in [-0.1, -0.05) is 0 Å². The van der Waals surface area contributed by atoms with E-state index in [1.165, 1.54) is 11.3 Å². The number of nitrogens with zero attached hydrogens (tertiary/aromatic N) is 4. The van der Waals surface area contributed by atoms with Crippen LogP contribution in [0.15, 0.2) is 12.3 Å². The van der Waals surface area contributed by atoms with E-state index in [1.54, 1.807) is 6.20 Å². The molecule has 3 heterocycles. The molecule has 12 heteroatoms. The van der Waals surface area contributed by atoms with Gasteiger partial charge in [-0.2, -0.15) is 4.98 Å². The highest BCUT2D eigenvalue weighted by atomic mass is 32.1. The summed E-state index contributed by atoms with van der Waals surface area (Å²) in [4.78, 5) is 30.5. The zero-order chi connectivity index (χ0) is 26.9. The van der Waals surface area contributed by atoms with Gasteiger partial charge in [0.25, 0.3) is 0 Å². The molecule has 0 aromatic carbocycles. The summed E-state index contributed by atoms with van der Waals surface area (Å²) in [5, 5.41) is 37.6. The summed E-state index contributed by atoms with van der Waals surface area (Å²) >= 11 is 1.49. The van der Waals surface area contributed by atoms with Crippen molar-refractivity contribution in [3.8, 4) is 10.6 Å². The summed E-state index contributed by atoms with van der Waals surface area (Å²) in [7, 11) is 0. The molecule has 1 unspecified atom stereocenters. The van der Waals surface area contributed by atoms with Crippen molar-refractivity contribution < 1.29 is 24.9 Å². The number of anilines is 2. The van der Waals surface area contributed by atoms with E-state index in [9.17, 15) is 20.1 Å². The van der Waals surface area contributed by atoms with Crippen molar-refractivity contribution in [3.63, 3.8) is 0 Å². The zero-order valence-electron chi connectivity index (χ0n) is 21.6. The highest BCUT2D eigenvalue weighted by Crippen LogP contribution is 2.38. The minimum atomic E-state index is -1.08. The van der Waals surface area contributed by atoms with Crippen LogP contribution in [0.25, 0.3) is 20.8 Å². The second kappa shape index (κ2) is 10.8. The smallest absolute Gasteiger partial charge is 0.308 e. The number of carbonyl (C=O) groups excluding carboxylic acids is 1. The van der Waals surface area contributed by atoms with Crippen LogP contribution in [0.5, 0.6) is 0 Å². The molecule has 0 saturated heterocycles. The number of rotatable bonds is 8. The van der Waals surface area contributed by atoms with E-state index < -0.39 is 29.8 Å². The Morgan fingerprint density at radius 3 is 2.57 bits per heavy atom. The number of aliphatic hydroxyl groups excluding tert-OH is 3. The van der Waals surface area contributed by atoms with Crippen LogP contribution >= 0.6 is 11.3 Å². The van der Waals surface area contributed by atoms with Gasteiger partial charge in [0.05, 0.1) is 40.2 Å². The molecule has 0 spiro atoms. The van der Waals surface area contributed by atoms with Crippen molar-refractivity contribution in [1.82, 2.24) is 19.9 Å². The number of nitrogens with one attached hydrogen (secondary N) is 2. The number of hydrogen-bond donors (Lipinski definition) is 5. The summed E-state index contributed by atoms with van der Waals surface area (Å²) < 4.78 is 6.33. The van der Waals surface area contributed by atoms with Gasteiger partial charge in [-0.25, -0.2) is 9.97 Å². The van der Waals surface area contributed by atoms with E-state index in [1.807, 2.05) is 40.7 Å². The van der Waals surface area contributed by atoms with E-state index in [0.717, 1.165) is 15.9 Å². The van der Waals surface area contributed by atoms with Crippen molar-refractivity contribution in [3.05, 3.63) is 23.7 Å². The van der Waals surface area contributed by atoms with Gasteiger partial charge in [0, 0.05) is 25.3 Å². The van der Waals surface area contributed by atoms with Crippen molar-refractivity contribution in [2.75, 3.05) is 23.8 Å². The van der Waals surface area contributed by atoms with E-state index >= 15 is 0 Å². The standard InChI is InChI=1S/C25H34N6O5S/c1-12-18(23-30-19-13(2)26-8-6-16(19)37-23)22(29-15-10-14(11-32)20(34)21(15)35)31-24(28-12)27-9-7-17(33)36-25(3,4)5/h6,8,14-15,20-21,32,34-35H,7,9-11H2,1-5H3,(H2,27,28,29,31)/t14-,15?,20-,21+/m1/s1. The Bertz CT molecular complexity index is 1280. The lowest BCUT2D eigenvalue weighted by Gasteiger charge is -2.21. The predicted molar refractivity (Wildman–Crippen MR) is 141 cm³/mol. The minimum absolute atomic E-state index is 0.139. The molecule has 3 aromatic heterocycles. The third kappa shape index (κ3) is 6.15. The van der Waals surface area contributed by atoms with Gasteiger partial charge in [0.15, 0.2) is 0 Å². The topological polar surface area (TPSA) is 163 Å². The van der Waals surface area contributed by atoms with Crippen molar-refractivity contribution in [2.24, 2.45) is 5.92 Å². The average Bonchev–Trinajstić information content (AvgIpc) is 3.35. The fraction of sp³-hybridized carbons (Fsp3) is 0.560. The second-order valence-corrected chi connectivity index (χ2v) is 11.3. The lowest BCUT2D eigenvalue weighted by atomic mass is 10.1. The molecule has 1 saturated carbocycles. The molecule has 4 atom stereocenters. The van der Waals surface area contributed by atoms with Crippen LogP contribution < -0.4 is 10.6 Å².